The van der Waals surface area contributed by atoms with Crippen LogP contribution in [0.3, 0.4) is 0 Å². The summed E-state index contributed by atoms with van der Waals surface area (Å²) in [7, 11) is 1.76. The largest absolute Gasteiger partial charge is 0.356 e. The fraction of sp³-hybridized carbons (Fsp3) is 0.333. The Morgan fingerprint density at radius 3 is 2.96 bits per heavy atom. The van der Waals surface area contributed by atoms with E-state index in [1.165, 1.54) is 5.56 Å². The Labute approximate surface area is 156 Å². The SMILES string of the molecule is CN=C(NCCc1noc(-c2ccccn2)n1)NCC(C)c1ccsc1. The number of hydrogen-bond acceptors (Lipinski definition) is 6. The van der Waals surface area contributed by atoms with E-state index >= 15 is 0 Å². The van der Waals surface area contributed by atoms with E-state index in [1.807, 2.05) is 18.2 Å². The number of rotatable bonds is 7. The summed E-state index contributed by atoms with van der Waals surface area (Å²) in [5, 5.41) is 14.9. The van der Waals surface area contributed by atoms with E-state index in [0.717, 1.165) is 12.5 Å². The normalized spacial score (nSPS) is 12.8. The van der Waals surface area contributed by atoms with Gasteiger partial charge in [0.15, 0.2) is 11.8 Å². The summed E-state index contributed by atoms with van der Waals surface area (Å²) in [5.41, 5.74) is 2.02. The second-order valence-electron chi connectivity index (χ2n) is 5.82. The molecule has 8 heteroatoms. The van der Waals surface area contributed by atoms with Crippen LogP contribution >= 0.6 is 11.3 Å². The molecule has 0 aliphatic rings. The van der Waals surface area contributed by atoms with Crippen molar-refractivity contribution in [3.05, 3.63) is 52.6 Å². The first kappa shape index (κ1) is 18.1. The van der Waals surface area contributed by atoms with Crippen LogP contribution in [0.25, 0.3) is 11.6 Å². The zero-order valence-corrected chi connectivity index (χ0v) is 15.7. The van der Waals surface area contributed by atoms with Crippen LogP contribution in [-0.4, -0.2) is 41.2 Å². The summed E-state index contributed by atoms with van der Waals surface area (Å²) >= 11 is 1.72. The molecule has 0 aliphatic heterocycles. The van der Waals surface area contributed by atoms with Gasteiger partial charge in [-0.15, -0.1) is 0 Å². The number of guanidine groups is 1. The molecule has 3 aromatic rings. The van der Waals surface area contributed by atoms with Crippen molar-refractivity contribution in [2.75, 3.05) is 20.1 Å². The summed E-state index contributed by atoms with van der Waals surface area (Å²) in [5.74, 6) is 2.27. The number of pyridine rings is 1. The van der Waals surface area contributed by atoms with Crippen molar-refractivity contribution in [1.82, 2.24) is 25.8 Å². The molecule has 7 nitrogen and oxygen atoms in total. The van der Waals surface area contributed by atoms with Crippen molar-refractivity contribution in [3.8, 4) is 11.6 Å². The molecule has 0 saturated carbocycles. The fourth-order valence-electron chi connectivity index (χ4n) is 2.39. The van der Waals surface area contributed by atoms with Gasteiger partial charge in [0.05, 0.1) is 0 Å². The molecular weight excluding hydrogens is 348 g/mol. The number of aromatic nitrogens is 3. The topological polar surface area (TPSA) is 88.2 Å². The monoisotopic (exact) mass is 370 g/mol. The van der Waals surface area contributed by atoms with Crippen LogP contribution in [0.15, 0.2) is 50.7 Å². The van der Waals surface area contributed by atoms with Crippen LogP contribution in [0, 0.1) is 0 Å². The highest BCUT2D eigenvalue weighted by molar-refractivity contribution is 7.07. The van der Waals surface area contributed by atoms with Crippen LogP contribution in [0.5, 0.6) is 0 Å². The van der Waals surface area contributed by atoms with Gasteiger partial charge >= 0.3 is 0 Å². The van der Waals surface area contributed by atoms with E-state index in [0.29, 0.717) is 36.3 Å². The molecule has 0 aromatic carbocycles. The van der Waals surface area contributed by atoms with Gasteiger partial charge in [0.1, 0.15) is 5.69 Å². The summed E-state index contributed by atoms with van der Waals surface area (Å²) in [6.45, 7) is 3.68. The zero-order valence-electron chi connectivity index (χ0n) is 14.8. The van der Waals surface area contributed by atoms with E-state index in [9.17, 15) is 0 Å². The standard InChI is InChI=1S/C18H22N6OS/c1-13(14-7-10-26-12-14)11-22-18(19-2)21-9-6-16-23-17(25-24-16)15-5-3-4-8-20-15/h3-5,7-8,10,12-13H,6,9,11H2,1-2H3,(H2,19,21,22). The third kappa shape index (κ3) is 4.89. The minimum Gasteiger partial charge on any atom is -0.356 e. The van der Waals surface area contributed by atoms with Crippen molar-refractivity contribution >= 4 is 17.3 Å². The average molecular weight is 370 g/mol. The minimum atomic E-state index is 0.429. The highest BCUT2D eigenvalue weighted by atomic mass is 32.1. The van der Waals surface area contributed by atoms with Gasteiger partial charge < -0.3 is 15.2 Å². The Bertz CT molecular complexity index is 815. The van der Waals surface area contributed by atoms with Crippen LogP contribution in [0.2, 0.25) is 0 Å². The van der Waals surface area contributed by atoms with Gasteiger partial charge in [-0.05, 0) is 40.4 Å². The number of aliphatic imine (C=N–C) groups is 1. The Balaban J connectivity index is 1.44. The molecule has 0 amide bonds. The van der Waals surface area contributed by atoms with Gasteiger partial charge in [0.2, 0.25) is 0 Å². The molecule has 2 N–H and O–H groups in total. The molecule has 0 bridgehead atoms. The Morgan fingerprint density at radius 2 is 2.23 bits per heavy atom. The number of hydrogen-bond donors (Lipinski definition) is 2. The summed E-state index contributed by atoms with van der Waals surface area (Å²) in [4.78, 5) is 12.8. The van der Waals surface area contributed by atoms with Gasteiger partial charge in [0.25, 0.3) is 5.89 Å². The fourth-order valence-corrected chi connectivity index (χ4v) is 3.17. The second-order valence-corrected chi connectivity index (χ2v) is 6.60. The number of nitrogens with zero attached hydrogens (tertiary/aromatic N) is 4. The first-order valence-electron chi connectivity index (χ1n) is 8.47. The zero-order chi connectivity index (χ0) is 18.2. The van der Waals surface area contributed by atoms with E-state index in [-0.39, 0.29) is 0 Å². The van der Waals surface area contributed by atoms with Crippen LogP contribution in [-0.2, 0) is 6.42 Å². The predicted molar refractivity (Wildman–Crippen MR) is 103 cm³/mol. The summed E-state index contributed by atoms with van der Waals surface area (Å²) in [6.07, 6.45) is 2.34. The van der Waals surface area contributed by atoms with Gasteiger partial charge in [-0.25, -0.2) is 0 Å². The molecule has 1 unspecified atom stereocenters. The molecule has 0 aliphatic carbocycles. The van der Waals surface area contributed by atoms with Crippen molar-refractivity contribution in [2.24, 2.45) is 4.99 Å². The molecule has 0 saturated heterocycles. The Morgan fingerprint density at radius 1 is 1.31 bits per heavy atom. The third-order valence-corrected chi connectivity index (χ3v) is 4.61. The van der Waals surface area contributed by atoms with Crippen molar-refractivity contribution in [1.29, 1.82) is 0 Å². The predicted octanol–water partition coefficient (Wildman–Crippen LogP) is 2.70. The Hall–Kier alpha value is -2.74. The molecular formula is C18H22N6OS. The summed E-state index contributed by atoms with van der Waals surface area (Å²) in [6, 6.07) is 7.74. The average Bonchev–Trinajstić information content (AvgIpc) is 3.37. The van der Waals surface area contributed by atoms with Crippen molar-refractivity contribution in [2.45, 2.75) is 19.3 Å². The molecule has 0 radical (unpaired) electrons. The lowest BCUT2D eigenvalue weighted by Crippen LogP contribution is -2.39. The number of thiophene rings is 1. The molecule has 3 heterocycles. The van der Waals surface area contributed by atoms with Crippen LogP contribution < -0.4 is 10.6 Å². The van der Waals surface area contributed by atoms with E-state index in [2.05, 4.69) is 54.5 Å². The lowest BCUT2D eigenvalue weighted by molar-refractivity contribution is 0.421. The molecule has 3 rings (SSSR count). The smallest absolute Gasteiger partial charge is 0.276 e. The molecule has 0 fully saturated rings. The van der Waals surface area contributed by atoms with E-state index in [1.54, 1.807) is 24.6 Å². The van der Waals surface area contributed by atoms with Gasteiger partial charge in [-0.1, -0.05) is 18.1 Å². The summed E-state index contributed by atoms with van der Waals surface area (Å²) < 4.78 is 5.26. The molecule has 136 valence electrons. The molecule has 26 heavy (non-hydrogen) atoms. The lowest BCUT2D eigenvalue weighted by atomic mass is 10.1. The molecule has 0 spiro atoms. The first-order chi connectivity index (χ1) is 12.8. The maximum Gasteiger partial charge on any atom is 0.276 e. The highest BCUT2D eigenvalue weighted by Crippen LogP contribution is 2.17. The third-order valence-electron chi connectivity index (χ3n) is 3.90. The Kier molecular flexibility index (Phi) is 6.32. The van der Waals surface area contributed by atoms with Crippen molar-refractivity contribution in [3.63, 3.8) is 0 Å². The van der Waals surface area contributed by atoms with Crippen molar-refractivity contribution < 1.29 is 4.52 Å². The van der Waals surface area contributed by atoms with E-state index in [4.69, 9.17) is 4.52 Å². The van der Waals surface area contributed by atoms with E-state index < -0.39 is 0 Å². The minimum absolute atomic E-state index is 0.429. The lowest BCUT2D eigenvalue weighted by Gasteiger charge is -2.15. The van der Waals surface area contributed by atoms with Gasteiger partial charge in [-0.3, -0.25) is 9.98 Å². The van der Waals surface area contributed by atoms with Crippen LogP contribution in [0.4, 0.5) is 0 Å². The first-order valence-corrected chi connectivity index (χ1v) is 9.41. The maximum absolute atomic E-state index is 5.26. The quantitative estimate of drug-likeness (QED) is 0.491. The van der Waals surface area contributed by atoms with Crippen LogP contribution in [0.1, 0.15) is 24.2 Å². The van der Waals surface area contributed by atoms with Gasteiger partial charge in [-0.2, -0.15) is 16.3 Å². The highest BCUT2D eigenvalue weighted by Gasteiger charge is 2.10. The maximum atomic E-state index is 5.26. The number of nitrogens with one attached hydrogen (secondary N) is 2. The second kappa shape index (κ2) is 9.10. The molecule has 1 atom stereocenters. The molecule has 3 aromatic heterocycles. The van der Waals surface area contributed by atoms with Gasteiger partial charge in [0, 0.05) is 32.8 Å².